The number of aryl methyl sites for hydroxylation is 1. The predicted octanol–water partition coefficient (Wildman–Crippen LogP) is 1.72. The van der Waals surface area contributed by atoms with E-state index in [9.17, 15) is 4.79 Å². The zero-order chi connectivity index (χ0) is 13.7. The van der Waals surface area contributed by atoms with Crippen molar-refractivity contribution in [3.8, 4) is 5.75 Å². The smallest absolute Gasteiger partial charge is 0.236 e. The van der Waals surface area contributed by atoms with E-state index < -0.39 is 0 Å². The molecule has 1 aromatic rings. The SMILES string of the molecule is COc1ccc(C)cc1CNCC(=O)N1CCCC1. The van der Waals surface area contributed by atoms with Gasteiger partial charge in [-0.1, -0.05) is 17.7 Å². The van der Waals surface area contributed by atoms with E-state index in [2.05, 4.69) is 18.3 Å². The maximum absolute atomic E-state index is 11.9. The third-order valence-electron chi connectivity index (χ3n) is 3.49. The Balaban J connectivity index is 1.84. The summed E-state index contributed by atoms with van der Waals surface area (Å²) in [6.07, 6.45) is 2.27. The molecule has 1 amide bonds. The van der Waals surface area contributed by atoms with Crippen LogP contribution >= 0.6 is 0 Å². The number of likely N-dealkylation sites (tertiary alicyclic amines) is 1. The van der Waals surface area contributed by atoms with Gasteiger partial charge >= 0.3 is 0 Å². The van der Waals surface area contributed by atoms with Gasteiger partial charge in [0.2, 0.25) is 5.91 Å². The maximum Gasteiger partial charge on any atom is 0.236 e. The zero-order valence-corrected chi connectivity index (χ0v) is 11.7. The van der Waals surface area contributed by atoms with Gasteiger partial charge in [0.05, 0.1) is 13.7 Å². The molecule has 4 nitrogen and oxygen atoms in total. The van der Waals surface area contributed by atoms with Gasteiger partial charge in [-0.05, 0) is 25.8 Å². The first-order chi connectivity index (χ1) is 9.20. The zero-order valence-electron chi connectivity index (χ0n) is 11.7. The summed E-state index contributed by atoms with van der Waals surface area (Å²) in [5, 5.41) is 3.21. The molecular weight excluding hydrogens is 240 g/mol. The van der Waals surface area contributed by atoms with Crippen LogP contribution in [0.5, 0.6) is 5.75 Å². The molecule has 104 valence electrons. The van der Waals surface area contributed by atoms with Gasteiger partial charge in [-0.25, -0.2) is 0 Å². The van der Waals surface area contributed by atoms with E-state index in [-0.39, 0.29) is 5.91 Å². The summed E-state index contributed by atoms with van der Waals surface area (Å²) in [6, 6.07) is 6.08. The Hall–Kier alpha value is -1.55. The van der Waals surface area contributed by atoms with Crippen molar-refractivity contribution >= 4 is 5.91 Å². The van der Waals surface area contributed by atoms with Crippen molar-refractivity contribution in [2.24, 2.45) is 0 Å². The summed E-state index contributed by atoms with van der Waals surface area (Å²) in [5.74, 6) is 1.07. The van der Waals surface area contributed by atoms with Gasteiger partial charge < -0.3 is 15.0 Å². The van der Waals surface area contributed by atoms with Crippen LogP contribution in [0, 0.1) is 6.92 Å². The minimum Gasteiger partial charge on any atom is -0.496 e. The monoisotopic (exact) mass is 262 g/mol. The molecule has 1 fully saturated rings. The Morgan fingerprint density at radius 2 is 2.11 bits per heavy atom. The van der Waals surface area contributed by atoms with E-state index >= 15 is 0 Å². The number of carbonyl (C=O) groups is 1. The van der Waals surface area contributed by atoms with Gasteiger partial charge in [0, 0.05) is 25.2 Å². The molecule has 2 rings (SSSR count). The number of benzene rings is 1. The highest BCUT2D eigenvalue weighted by atomic mass is 16.5. The predicted molar refractivity (Wildman–Crippen MR) is 75.3 cm³/mol. The number of methoxy groups -OCH3 is 1. The Bertz CT molecular complexity index is 440. The molecule has 0 aromatic heterocycles. The highest BCUT2D eigenvalue weighted by molar-refractivity contribution is 5.78. The van der Waals surface area contributed by atoms with Crippen molar-refractivity contribution < 1.29 is 9.53 Å². The minimum absolute atomic E-state index is 0.198. The van der Waals surface area contributed by atoms with Crippen LogP contribution in [-0.4, -0.2) is 37.6 Å². The summed E-state index contributed by atoms with van der Waals surface area (Å²) in [7, 11) is 1.67. The van der Waals surface area contributed by atoms with Gasteiger partial charge in [-0.2, -0.15) is 0 Å². The third-order valence-corrected chi connectivity index (χ3v) is 3.49. The van der Waals surface area contributed by atoms with Crippen LogP contribution in [0.4, 0.5) is 0 Å². The van der Waals surface area contributed by atoms with Crippen LogP contribution < -0.4 is 10.1 Å². The van der Waals surface area contributed by atoms with Crippen molar-refractivity contribution in [2.75, 3.05) is 26.7 Å². The van der Waals surface area contributed by atoms with Gasteiger partial charge in [0.1, 0.15) is 5.75 Å². The number of rotatable bonds is 5. The van der Waals surface area contributed by atoms with Gasteiger partial charge in [0.25, 0.3) is 0 Å². The average Bonchev–Trinajstić information content (AvgIpc) is 2.93. The number of nitrogens with zero attached hydrogens (tertiary/aromatic N) is 1. The van der Waals surface area contributed by atoms with E-state index in [1.807, 2.05) is 17.0 Å². The molecule has 1 N–H and O–H groups in total. The van der Waals surface area contributed by atoms with Crippen LogP contribution in [0.2, 0.25) is 0 Å². The first-order valence-electron chi connectivity index (χ1n) is 6.82. The van der Waals surface area contributed by atoms with Gasteiger partial charge in [-0.3, -0.25) is 4.79 Å². The first kappa shape index (κ1) is 13.9. The second-order valence-electron chi connectivity index (χ2n) is 5.01. The van der Waals surface area contributed by atoms with Crippen LogP contribution in [0.3, 0.4) is 0 Å². The lowest BCUT2D eigenvalue weighted by Crippen LogP contribution is -2.36. The molecule has 1 saturated heterocycles. The lowest BCUT2D eigenvalue weighted by Gasteiger charge is -2.16. The van der Waals surface area contributed by atoms with Crippen molar-refractivity contribution in [2.45, 2.75) is 26.3 Å². The van der Waals surface area contributed by atoms with Crippen LogP contribution in [0.15, 0.2) is 18.2 Å². The maximum atomic E-state index is 11.9. The molecule has 0 bridgehead atoms. The lowest BCUT2D eigenvalue weighted by molar-refractivity contribution is -0.129. The first-order valence-corrected chi connectivity index (χ1v) is 6.82. The van der Waals surface area contributed by atoms with E-state index in [0.717, 1.165) is 37.2 Å². The fraction of sp³-hybridized carbons (Fsp3) is 0.533. The van der Waals surface area contributed by atoms with Crippen molar-refractivity contribution in [3.05, 3.63) is 29.3 Å². The largest absolute Gasteiger partial charge is 0.496 e. The molecule has 1 aliphatic rings. The molecule has 0 unspecified atom stereocenters. The highest BCUT2D eigenvalue weighted by Crippen LogP contribution is 2.19. The average molecular weight is 262 g/mol. The third kappa shape index (κ3) is 3.70. The van der Waals surface area contributed by atoms with E-state index in [4.69, 9.17) is 4.74 Å². The Labute approximate surface area is 114 Å². The quantitative estimate of drug-likeness (QED) is 0.878. The molecule has 0 aliphatic carbocycles. The van der Waals surface area contributed by atoms with Gasteiger partial charge in [0.15, 0.2) is 0 Å². The summed E-state index contributed by atoms with van der Waals surface area (Å²) in [6.45, 7) is 4.93. The Morgan fingerprint density at radius 1 is 1.37 bits per heavy atom. The molecular formula is C15H22N2O2. The number of hydrogen-bond donors (Lipinski definition) is 1. The van der Waals surface area contributed by atoms with E-state index in [1.54, 1.807) is 7.11 Å². The molecule has 0 spiro atoms. The molecule has 0 radical (unpaired) electrons. The van der Waals surface area contributed by atoms with Crippen molar-refractivity contribution in [3.63, 3.8) is 0 Å². The molecule has 19 heavy (non-hydrogen) atoms. The molecule has 0 saturated carbocycles. The molecule has 0 atom stereocenters. The number of hydrogen-bond acceptors (Lipinski definition) is 3. The summed E-state index contributed by atoms with van der Waals surface area (Å²) in [5.41, 5.74) is 2.29. The van der Waals surface area contributed by atoms with Crippen LogP contribution in [0.25, 0.3) is 0 Å². The topological polar surface area (TPSA) is 41.6 Å². The van der Waals surface area contributed by atoms with E-state index in [1.165, 1.54) is 5.56 Å². The number of amides is 1. The molecule has 1 aromatic carbocycles. The normalized spacial score (nSPS) is 14.7. The minimum atomic E-state index is 0.198. The number of ether oxygens (including phenoxy) is 1. The number of nitrogens with one attached hydrogen (secondary N) is 1. The summed E-state index contributed by atoms with van der Waals surface area (Å²) < 4.78 is 5.32. The van der Waals surface area contributed by atoms with Gasteiger partial charge in [-0.15, -0.1) is 0 Å². The lowest BCUT2D eigenvalue weighted by atomic mass is 10.1. The van der Waals surface area contributed by atoms with Crippen LogP contribution in [-0.2, 0) is 11.3 Å². The van der Waals surface area contributed by atoms with E-state index in [0.29, 0.717) is 13.1 Å². The molecule has 1 heterocycles. The second-order valence-corrected chi connectivity index (χ2v) is 5.01. The van der Waals surface area contributed by atoms with Crippen molar-refractivity contribution in [1.82, 2.24) is 10.2 Å². The summed E-state index contributed by atoms with van der Waals surface area (Å²) >= 11 is 0. The fourth-order valence-electron chi connectivity index (χ4n) is 2.43. The fourth-order valence-corrected chi connectivity index (χ4v) is 2.43. The second kappa shape index (κ2) is 6.57. The highest BCUT2D eigenvalue weighted by Gasteiger charge is 2.17. The van der Waals surface area contributed by atoms with Crippen LogP contribution in [0.1, 0.15) is 24.0 Å². The number of carbonyl (C=O) groups excluding carboxylic acids is 1. The standard InChI is InChI=1S/C15H22N2O2/c1-12-5-6-14(19-2)13(9-12)10-16-11-15(18)17-7-3-4-8-17/h5-6,9,16H,3-4,7-8,10-11H2,1-2H3. The summed E-state index contributed by atoms with van der Waals surface area (Å²) in [4.78, 5) is 13.8. The Kier molecular flexibility index (Phi) is 4.80. The molecule has 1 aliphatic heterocycles. The van der Waals surface area contributed by atoms with Crippen molar-refractivity contribution in [1.29, 1.82) is 0 Å². The molecule has 4 heteroatoms. The Morgan fingerprint density at radius 3 is 2.79 bits per heavy atom.